The Morgan fingerprint density at radius 1 is 0.905 bits per heavy atom. The third-order valence-electron chi connectivity index (χ3n) is 9.11. The van der Waals surface area contributed by atoms with E-state index in [1.807, 2.05) is 30.3 Å². The molecule has 0 bridgehead atoms. The van der Waals surface area contributed by atoms with E-state index in [9.17, 15) is 26.3 Å². The Bertz CT molecular complexity index is 1170. The Kier molecular flexibility index (Phi) is 8.75. The van der Waals surface area contributed by atoms with Crippen LogP contribution in [0, 0.1) is 5.92 Å². The van der Waals surface area contributed by atoms with Gasteiger partial charge in [-0.2, -0.15) is 26.3 Å². The number of ether oxygens (including phenoxy) is 3. The lowest BCUT2D eigenvalue weighted by molar-refractivity contribution is -0.211. The number of hydrogen-bond donors (Lipinski definition) is 0. The maximum Gasteiger partial charge on any atom is 0.416 e. The molecule has 0 radical (unpaired) electrons. The molecular weight excluding hydrogens is 560 g/mol. The lowest BCUT2D eigenvalue weighted by Crippen LogP contribution is -2.48. The fourth-order valence-electron chi connectivity index (χ4n) is 6.81. The zero-order valence-electron chi connectivity index (χ0n) is 24.2. The predicted molar refractivity (Wildman–Crippen MR) is 146 cm³/mol. The van der Waals surface area contributed by atoms with Crippen molar-refractivity contribution in [3.05, 3.63) is 70.8 Å². The minimum absolute atomic E-state index is 0.0597. The lowest BCUT2D eigenvalue weighted by atomic mass is 9.80. The molecule has 3 fully saturated rings. The van der Waals surface area contributed by atoms with Gasteiger partial charge in [-0.25, -0.2) is 0 Å². The zero-order chi connectivity index (χ0) is 30.3. The van der Waals surface area contributed by atoms with Gasteiger partial charge in [0.2, 0.25) is 0 Å². The Balaban J connectivity index is 1.34. The number of nitrogens with zero attached hydrogens (tertiary/aromatic N) is 1. The Labute approximate surface area is 243 Å². The molecule has 3 saturated heterocycles. The van der Waals surface area contributed by atoms with Gasteiger partial charge in [0, 0.05) is 25.6 Å². The van der Waals surface area contributed by atoms with Gasteiger partial charge in [0.15, 0.2) is 6.29 Å². The minimum atomic E-state index is -4.93. The maximum absolute atomic E-state index is 13.5. The van der Waals surface area contributed by atoms with E-state index in [1.54, 1.807) is 0 Å². The van der Waals surface area contributed by atoms with Gasteiger partial charge in [0.05, 0.1) is 35.0 Å². The normalized spacial score (nSPS) is 27.3. The van der Waals surface area contributed by atoms with Crippen molar-refractivity contribution in [1.82, 2.24) is 4.90 Å². The highest BCUT2D eigenvalue weighted by molar-refractivity contribution is 5.35. The summed E-state index contributed by atoms with van der Waals surface area (Å²) >= 11 is 0. The molecule has 10 heteroatoms. The van der Waals surface area contributed by atoms with Crippen LogP contribution >= 0.6 is 0 Å². The zero-order valence-corrected chi connectivity index (χ0v) is 24.2. The molecule has 42 heavy (non-hydrogen) atoms. The van der Waals surface area contributed by atoms with E-state index >= 15 is 0 Å². The molecule has 1 spiro atoms. The summed E-state index contributed by atoms with van der Waals surface area (Å²) in [6.45, 7) is 8.74. The molecule has 0 unspecified atom stereocenters. The van der Waals surface area contributed by atoms with Crippen LogP contribution in [0.15, 0.2) is 48.5 Å². The van der Waals surface area contributed by atoms with Crippen molar-refractivity contribution >= 4 is 0 Å². The molecular formula is C32H39F6NO3. The number of hydrogen-bond acceptors (Lipinski definition) is 4. The van der Waals surface area contributed by atoms with E-state index in [1.165, 1.54) is 6.92 Å². The second-order valence-electron chi connectivity index (χ2n) is 12.7. The number of piperidine rings is 1. The highest BCUT2D eigenvalue weighted by atomic mass is 19.4. The molecule has 0 aromatic heterocycles. The van der Waals surface area contributed by atoms with Crippen LogP contribution in [-0.4, -0.2) is 48.6 Å². The quantitative estimate of drug-likeness (QED) is 0.312. The molecule has 0 N–H and O–H groups in total. The van der Waals surface area contributed by atoms with Crippen LogP contribution in [0.5, 0.6) is 0 Å². The summed E-state index contributed by atoms with van der Waals surface area (Å²) in [5.41, 5.74) is -2.10. The summed E-state index contributed by atoms with van der Waals surface area (Å²) < 4.78 is 99.7. The lowest BCUT2D eigenvalue weighted by Gasteiger charge is -2.44. The van der Waals surface area contributed by atoms with Crippen LogP contribution in [0.4, 0.5) is 26.3 Å². The Morgan fingerprint density at radius 3 is 2.07 bits per heavy atom. The molecule has 5 rings (SSSR count). The van der Waals surface area contributed by atoms with Crippen molar-refractivity contribution in [3.63, 3.8) is 0 Å². The highest BCUT2D eigenvalue weighted by Gasteiger charge is 2.47. The van der Waals surface area contributed by atoms with Gasteiger partial charge in [-0.15, -0.1) is 0 Å². The SMILES string of the molecule is C[C@@H](O[C@H]1OCC[C@H](CN2CCC3(CC2)CCC(C)(C)O3)[C@H]1c1ccccc1)c1cc(C(F)(F)F)cc(C(F)(F)F)c1. The van der Waals surface area contributed by atoms with E-state index in [4.69, 9.17) is 14.2 Å². The van der Waals surface area contributed by atoms with Gasteiger partial charge in [-0.3, -0.25) is 0 Å². The van der Waals surface area contributed by atoms with Crippen LogP contribution < -0.4 is 0 Å². The molecule has 3 aliphatic rings. The van der Waals surface area contributed by atoms with Gasteiger partial charge < -0.3 is 19.1 Å². The smallest absolute Gasteiger partial charge is 0.369 e. The van der Waals surface area contributed by atoms with Gasteiger partial charge >= 0.3 is 12.4 Å². The van der Waals surface area contributed by atoms with Crippen molar-refractivity contribution in [2.45, 2.75) is 94.7 Å². The fraction of sp³-hybridized carbons (Fsp3) is 0.625. The van der Waals surface area contributed by atoms with E-state index in [2.05, 4.69) is 18.7 Å². The molecule has 2 aromatic carbocycles. The number of halogens is 6. The van der Waals surface area contributed by atoms with E-state index < -0.39 is 35.9 Å². The van der Waals surface area contributed by atoms with E-state index in [0.29, 0.717) is 6.61 Å². The molecule has 4 atom stereocenters. The standard InChI is InChI=1S/C32H39F6NO3/c1-21(24-17-25(31(33,34)35)19-26(18-24)32(36,37)38)41-28-27(22-7-5-4-6-8-22)23(9-16-40-28)20-39-14-12-30(13-15-39)11-10-29(2,3)42-30/h4-8,17-19,21,23,27-28H,9-16,20H2,1-3H3/t21-,23-,27-,28-/m1/s1. The molecule has 4 nitrogen and oxygen atoms in total. The van der Waals surface area contributed by atoms with Crippen molar-refractivity contribution in [2.24, 2.45) is 5.92 Å². The predicted octanol–water partition coefficient (Wildman–Crippen LogP) is 8.37. The first-order chi connectivity index (χ1) is 19.6. The largest absolute Gasteiger partial charge is 0.416 e. The van der Waals surface area contributed by atoms with Gasteiger partial charge in [-0.1, -0.05) is 30.3 Å². The first-order valence-electron chi connectivity index (χ1n) is 14.7. The number of likely N-dealkylation sites (tertiary alicyclic amines) is 1. The van der Waals surface area contributed by atoms with Gasteiger partial charge in [0.1, 0.15) is 0 Å². The number of rotatable bonds is 6. The number of alkyl halides is 6. The summed E-state index contributed by atoms with van der Waals surface area (Å²) in [5, 5.41) is 0. The minimum Gasteiger partial charge on any atom is -0.369 e. The van der Waals surface area contributed by atoms with Crippen LogP contribution in [0.1, 0.15) is 87.2 Å². The van der Waals surface area contributed by atoms with E-state index in [0.717, 1.165) is 69.4 Å². The summed E-state index contributed by atoms with van der Waals surface area (Å²) in [6, 6.07) is 11.3. The van der Waals surface area contributed by atoms with Gasteiger partial charge in [0.25, 0.3) is 0 Å². The molecule has 2 aromatic rings. The van der Waals surface area contributed by atoms with Crippen molar-refractivity contribution in [2.75, 3.05) is 26.2 Å². The average Bonchev–Trinajstić information content (AvgIpc) is 3.23. The summed E-state index contributed by atoms with van der Waals surface area (Å²) in [6.07, 6.45) is -6.95. The third kappa shape index (κ3) is 7.14. The van der Waals surface area contributed by atoms with Crippen LogP contribution in [0.2, 0.25) is 0 Å². The second-order valence-corrected chi connectivity index (χ2v) is 12.7. The summed E-state index contributed by atoms with van der Waals surface area (Å²) in [7, 11) is 0. The molecule has 3 aliphatic heterocycles. The second kappa shape index (κ2) is 11.7. The van der Waals surface area contributed by atoms with Crippen LogP contribution in [-0.2, 0) is 26.6 Å². The van der Waals surface area contributed by atoms with Crippen molar-refractivity contribution < 1.29 is 40.6 Å². The maximum atomic E-state index is 13.5. The topological polar surface area (TPSA) is 30.9 Å². The molecule has 0 aliphatic carbocycles. The monoisotopic (exact) mass is 599 g/mol. The first kappa shape index (κ1) is 31.3. The molecule has 232 valence electrons. The summed E-state index contributed by atoms with van der Waals surface area (Å²) in [4.78, 5) is 2.44. The van der Waals surface area contributed by atoms with Crippen LogP contribution in [0.3, 0.4) is 0 Å². The molecule has 0 saturated carbocycles. The average molecular weight is 600 g/mol. The van der Waals surface area contributed by atoms with E-state index in [-0.39, 0.29) is 34.7 Å². The van der Waals surface area contributed by atoms with Gasteiger partial charge in [-0.05, 0) is 88.1 Å². The fourth-order valence-corrected chi connectivity index (χ4v) is 6.81. The van der Waals surface area contributed by atoms with Crippen molar-refractivity contribution in [3.8, 4) is 0 Å². The number of benzene rings is 2. The third-order valence-corrected chi connectivity index (χ3v) is 9.11. The Hall–Kier alpha value is -2.14. The molecule has 3 heterocycles. The first-order valence-corrected chi connectivity index (χ1v) is 14.7. The summed E-state index contributed by atoms with van der Waals surface area (Å²) in [5.74, 6) is -0.117. The van der Waals surface area contributed by atoms with Crippen molar-refractivity contribution in [1.29, 1.82) is 0 Å². The highest BCUT2D eigenvalue weighted by Crippen LogP contribution is 2.45. The molecule has 0 amide bonds. The Morgan fingerprint density at radius 2 is 1.52 bits per heavy atom. The van der Waals surface area contributed by atoms with Crippen LogP contribution in [0.25, 0.3) is 0 Å².